The van der Waals surface area contributed by atoms with E-state index in [1.54, 1.807) is 24.9 Å². The molecular formula is C20H28N6O4. The van der Waals surface area contributed by atoms with Gasteiger partial charge in [0, 0.05) is 19.0 Å². The Morgan fingerprint density at radius 1 is 1.37 bits per heavy atom. The number of aliphatic hydroxyl groups is 1. The summed E-state index contributed by atoms with van der Waals surface area (Å²) in [5.41, 5.74) is 7.41. The van der Waals surface area contributed by atoms with Crippen molar-refractivity contribution in [1.82, 2.24) is 19.5 Å². The minimum atomic E-state index is -0.900. The molecule has 1 saturated carbocycles. The van der Waals surface area contributed by atoms with Gasteiger partial charge in [-0.25, -0.2) is 4.98 Å². The molecule has 3 heterocycles. The van der Waals surface area contributed by atoms with Crippen LogP contribution in [0.1, 0.15) is 45.4 Å². The molecule has 0 saturated heterocycles. The lowest BCUT2D eigenvalue weighted by Crippen LogP contribution is -2.30. The van der Waals surface area contributed by atoms with Crippen molar-refractivity contribution in [3.63, 3.8) is 0 Å². The Labute approximate surface area is 174 Å². The van der Waals surface area contributed by atoms with Gasteiger partial charge in [-0.15, -0.1) is 0 Å². The second-order valence-corrected chi connectivity index (χ2v) is 7.95. The Kier molecular flexibility index (Phi) is 5.76. The predicted octanol–water partition coefficient (Wildman–Crippen LogP) is 1.91. The zero-order valence-corrected chi connectivity index (χ0v) is 17.3. The summed E-state index contributed by atoms with van der Waals surface area (Å²) in [7, 11) is 1.72. The number of aromatic nitrogens is 4. The van der Waals surface area contributed by atoms with Crippen molar-refractivity contribution in [2.45, 2.75) is 57.7 Å². The molecule has 30 heavy (non-hydrogen) atoms. The highest BCUT2D eigenvalue weighted by molar-refractivity contribution is 5.86. The SMILES string of the molecule is CNc1nc(N)nc2c1ncn2C1=C(C)[C@H](O)[C@@H](COC(=O)CC2CCCCC2)O1. The zero-order chi connectivity index (χ0) is 21.3. The number of nitrogens with one attached hydrogen (secondary N) is 1. The van der Waals surface area contributed by atoms with E-state index >= 15 is 0 Å². The minimum Gasteiger partial charge on any atom is -0.468 e. The maximum atomic E-state index is 12.2. The third kappa shape index (κ3) is 3.91. The van der Waals surface area contributed by atoms with Crippen LogP contribution in [-0.4, -0.2) is 56.5 Å². The van der Waals surface area contributed by atoms with Crippen LogP contribution in [0.15, 0.2) is 11.9 Å². The highest BCUT2D eigenvalue weighted by Crippen LogP contribution is 2.32. The average molecular weight is 416 g/mol. The van der Waals surface area contributed by atoms with Gasteiger partial charge in [-0.1, -0.05) is 19.3 Å². The van der Waals surface area contributed by atoms with E-state index in [-0.39, 0.29) is 18.5 Å². The first-order valence-corrected chi connectivity index (χ1v) is 10.4. The third-order valence-corrected chi connectivity index (χ3v) is 5.85. The Bertz CT molecular complexity index is 966. The van der Waals surface area contributed by atoms with Crippen molar-refractivity contribution >= 4 is 34.8 Å². The number of carbonyl (C=O) groups excluding carboxylic acids is 1. The molecule has 1 aliphatic carbocycles. The number of hydrogen-bond acceptors (Lipinski definition) is 9. The molecule has 4 rings (SSSR count). The number of imidazole rings is 1. The summed E-state index contributed by atoms with van der Waals surface area (Å²) in [5.74, 6) is 1.16. The second-order valence-electron chi connectivity index (χ2n) is 7.95. The molecule has 0 radical (unpaired) electrons. The second kappa shape index (κ2) is 8.47. The quantitative estimate of drug-likeness (QED) is 0.603. The standard InChI is InChI=1S/C20H28N6O4/c1-11-16(28)13(9-29-14(27)8-12-6-4-3-5-7-12)30-19(11)26-10-23-15-17(22-2)24-20(21)25-18(15)26/h10,12-13,16,28H,3-9H2,1-2H3,(H3,21,22,24,25)/t13-,16+/m1/s1. The van der Waals surface area contributed by atoms with Gasteiger partial charge in [-0.2, -0.15) is 9.97 Å². The topological polar surface area (TPSA) is 137 Å². The molecule has 0 aromatic carbocycles. The van der Waals surface area contributed by atoms with E-state index in [1.807, 2.05) is 0 Å². The number of anilines is 2. The Balaban J connectivity index is 1.44. The zero-order valence-electron chi connectivity index (χ0n) is 17.3. The molecule has 10 heteroatoms. The Hall–Kier alpha value is -2.88. The molecule has 4 N–H and O–H groups in total. The number of nitrogens with two attached hydrogens (primary N) is 1. The van der Waals surface area contributed by atoms with Crippen molar-refractivity contribution < 1.29 is 19.4 Å². The van der Waals surface area contributed by atoms with Gasteiger partial charge in [-0.3, -0.25) is 9.36 Å². The lowest BCUT2D eigenvalue weighted by atomic mass is 9.87. The van der Waals surface area contributed by atoms with Crippen molar-refractivity contribution in [2.24, 2.45) is 5.92 Å². The van der Waals surface area contributed by atoms with Gasteiger partial charge >= 0.3 is 5.97 Å². The molecular weight excluding hydrogens is 388 g/mol. The molecule has 2 aliphatic rings. The summed E-state index contributed by atoms with van der Waals surface area (Å²) in [4.78, 5) is 24.9. The summed E-state index contributed by atoms with van der Waals surface area (Å²) in [6, 6.07) is 0. The highest BCUT2D eigenvalue weighted by Gasteiger charge is 2.36. The maximum absolute atomic E-state index is 12.2. The fourth-order valence-electron chi connectivity index (χ4n) is 4.18. The molecule has 162 valence electrons. The van der Waals surface area contributed by atoms with Gasteiger partial charge in [0.2, 0.25) is 11.8 Å². The summed E-state index contributed by atoms with van der Waals surface area (Å²) < 4.78 is 13.0. The first-order chi connectivity index (χ1) is 14.5. The van der Waals surface area contributed by atoms with Crippen LogP contribution >= 0.6 is 0 Å². The van der Waals surface area contributed by atoms with Crippen LogP contribution in [0, 0.1) is 5.92 Å². The van der Waals surface area contributed by atoms with Crippen molar-refractivity contribution in [3.8, 4) is 0 Å². The Morgan fingerprint density at radius 2 is 2.13 bits per heavy atom. The van der Waals surface area contributed by atoms with Gasteiger partial charge < -0.3 is 25.6 Å². The van der Waals surface area contributed by atoms with Crippen LogP contribution < -0.4 is 11.1 Å². The molecule has 2 aromatic heterocycles. The van der Waals surface area contributed by atoms with Crippen LogP contribution in [0.4, 0.5) is 11.8 Å². The number of aliphatic hydroxyl groups excluding tert-OH is 1. The smallest absolute Gasteiger partial charge is 0.306 e. The van der Waals surface area contributed by atoms with Crippen LogP contribution in [0.2, 0.25) is 0 Å². The molecule has 0 spiro atoms. The number of esters is 1. The molecule has 0 bridgehead atoms. The van der Waals surface area contributed by atoms with E-state index in [0.29, 0.717) is 40.8 Å². The van der Waals surface area contributed by atoms with Gasteiger partial charge in [0.25, 0.3) is 0 Å². The fraction of sp³-hybridized carbons (Fsp3) is 0.600. The summed E-state index contributed by atoms with van der Waals surface area (Å²) >= 11 is 0. The number of ether oxygens (including phenoxy) is 2. The largest absolute Gasteiger partial charge is 0.468 e. The van der Waals surface area contributed by atoms with Gasteiger partial charge in [0.05, 0.1) is 0 Å². The van der Waals surface area contributed by atoms with Gasteiger partial charge in [0.15, 0.2) is 23.1 Å². The molecule has 0 amide bonds. The van der Waals surface area contributed by atoms with Crippen molar-refractivity contribution in [3.05, 3.63) is 11.9 Å². The lowest BCUT2D eigenvalue weighted by Gasteiger charge is -2.21. The van der Waals surface area contributed by atoms with Gasteiger partial charge in [-0.05, 0) is 25.7 Å². The number of rotatable bonds is 6. The van der Waals surface area contributed by atoms with E-state index in [1.165, 1.54) is 19.3 Å². The number of nitrogen functional groups attached to an aromatic ring is 1. The number of carbonyl (C=O) groups is 1. The van der Waals surface area contributed by atoms with Crippen LogP contribution in [-0.2, 0) is 14.3 Å². The maximum Gasteiger partial charge on any atom is 0.306 e. The summed E-state index contributed by atoms with van der Waals surface area (Å²) in [5, 5.41) is 13.5. The lowest BCUT2D eigenvalue weighted by molar-refractivity contribution is -0.149. The normalized spacial score (nSPS) is 22.4. The Morgan fingerprint density at radius 3 is 2.87 bits per heavy atom. The fourth-order valence-corrected chi connectivity index (χ4v) is 4.18. The predicted molar refractivity (Wildman–Crippen MR) is 111 cm³/mol. The summed E-state index contributed by atoms with van der Waals surface area (Å²) in [6.45, 7) is 1.75. The molecule has 0 unspecified atom stereocenters. The number of hydrogen-bond donors (Lipinski definition) is 3. The highest BCUT2D eigenvalue weighted by atomic mass is 16.6. The number of nitrogens with zero attached hydrogens (tertiary/aromatic N) is 4. The van der Waals surface area contributed by atoms with Gasteiger partial charge in [0.1, 0.15) is 19.0 Å². The average Bonchev–Trinajstić information content (AvgIpc) is 3.28. The van der Waals surface area contributed by atoms with Crippen molar-refractivity contribution in [2.75, 3.05) is 24.7 Å². The molecule has 2 aromatic rings. The third-order valence-electron chi connectivity index (χ3n) is 5.85. The van der Waals surface area contributed by atoms with E-state index in [2.05, 4.69) is 20.3 Å². The van der Waals surface area contributed by atoms with E-state index in [4.69, 9.17) is 15.2 Å². The minimum absolute atomic E-state index is 0.0148. The van der Waals surface area contributed by atoms with Crippen LogP contribution in [0.5, 0.6) is 0 Å². The molecule has 1 fully saturated rings. The summed E-state index contributed by atoms with van der Waals surface area (Å²) in [6.07, 6.45) is 6.15. The van der Waals surface area contributed by atoms with Crippen LogP contribution in [0.3, 0.4) is 0 Å². The van der Waals surface area contributed by atoms with E-state index in [9.17, 15) is 9.90 Å². The molecule has 2 atom stereocenters. The van der Waals surface area contributed by atoms with E-state index in [0.717, 1.165) is 12.8 Å². The first-order valence-electron chi connectivity index (χ1n) is 10.4. The van der Waals surface area contributed by atoms with Crippen molar-refractivity contribution in [1.29, 1.82) is 0 Å². The monoisotopic (exact) mass is 416 g/mol. The number of fused-ring (bicyclic) bond motifs is 1. The molecule has 1 aliphatic heterocycles. The first kappa shape index (κ1) is 20.4. The van der Waals surface area contributed by atoms with E-state index < -0.39 is 12.2 Å². The van der Waals surface area contributed by atoms with Crippen LogP contribution in [0.25, 0.3) is 17.0 Å². The molecule has 10 nitrogen and oxygen atoms in total.